The molecule has 1 aromatic carbocycles. The van der Waals surface area contributed by atoms with E-state index in [0.29, 0.717) is 5.52 Å². The Kier molecular flexibility index (Phi) is 7.25. The summed E-state index contributed by atoms with van der Waals surface area (Å²) in [6, 6.07) is 9.45. The van der Waals surface area contributed by atoms with E-state index in [2.05, 4.69) is 31.9 Å². The van der Waals surface area contributed by atoms with Gasteiger partial charge in [-0.05, 0) is 50.6 Å². The van der Waals surface area contributed by atoms with E-state index < -0.39 is 0 Å². The molecule has 0 atom stereocenters. The zero-order valence-electron chi connectivity index (χ0n) is 18.6. The minimum absolute atomic E-state index is 0.0817. The fourth-order valence-corrected chi connectivity index (χ4v) is 4.66. The van der Waals surface area contributed by atoms with Gasteiger partial charge >= 0.3 is 0 Å². The number of hydrogen-bond acceptors (Lipinski definition) is 6. The van der Waals surface area contributed by atoms with Crippen LogP contribution in [0.3, 0.4) is 0 Å². The number of nitrogens with one attached hydrogen (secondary N) is 1. The third-order valence-electron chi connectivity index (χ3n) is 6.74. The maximum atomic E-state index is 12.6. The first-order valence-electron chi connectivity index (χ1n) is 11.7. The molecular weight excluding hydrogens is 390 g/mol. The van der Waals surface area contributed by atoms with E-state index in [-0.39, 0.29) is 17.6 Å². The average Bonchev–Trinajstić information content (AvgIpc) is 2.82. The monoisotopic (exact) mass is 425 g/mol. The molecule has 0 saturated carbocycles. The van der Waals surface area contributed by atoms with Crippen molar-refractivity contribution < 1.29 is 9.90 Å². The molecule has 2 N–H and O–H groups in total. The first-order valence-corrected chi connectivity index (χ1v) is 11.7. The van der Waals surface area contributed by atoms with Gasteiger partial charge in [0.15, 0.2) is 0 Å². The van der Waals surface area contributed by atoms with Gasteiger partial charge in [0, 0.05) is 57.1 Å². The van der Waals surface area contributed by atoms with Crippen molar-refractivity contribution in [3.63, 3.8) is 0 Å². The van der Waals surface area contributed by atoms with E-state index in [1.165, 1.54) is 0 Å². The average molecular weight is 426 g/mol. The van der Waals surface area contributed by atoms with Crippen molar-refractivity contribution in [2.45, 2.75) is 26.2 Å². The van der Waals surface area contributed by atoms with Gasteiger partial charge in [-0.2, -0.15) is 0 Å². The molecule has 7 nitrogen and oxygen atoms in total. The number of piperidine rings is 1. The van der Waals surface area contributed by atoms with Crippen LogP contribution in [-0.2, 0) is 4.79 Å². The molecule has 0 radical (unpaired) electrons. The Morgan fingerprint density at radius 2 is 1.81 bits per heavy atom. The highest BCUT2D eigenvalue weighted by atomic mass is 16.3. The largest absolute Gasteiger partial charge is 0.506 e. The topological polar surface area (TPSA) is 71.9 Å². The molecular formula is C24H35N5O2. The van der Waals surface area contributed by atoms with Crippen LogP contribution in [0.2, 0.25) is 0 Å². The highest BCUT2D eigenvalue weighted by Gasteiger charge is 2.25. The number of phenolic OH excluding ortho intramolecular Hbond substituents is 1. The maximum absolute atomic E-state index is 12.6. The number of piperazine rings is 1. The first-order chi connectivity index (χ1) is 15.1. The molecule has 3 heterocycles. The molecule has 4 rings (SSSR count). The lowest BCUT2D eigenvalue weighted by Gasteiger charge is -2.34. The number of carbonyl (C=O) groups is 1. The number of fused-ring (bicyclic) bond motifs is 1. The quantitative estimate of drug-likeness (QED) is 0.664. The molecule has 2 aliphatic heterocycles. The summed E-state index contributed by atoms with van der Waals surface area (Å²) in [7, 11) is 0. The number of carbonyl (C=O) groups excluding carboxylic acids is 1. The molecule has 1 amide bonds. The molecule has 1 aromatic heterocycles. The molecule has 0 bridgehead atoms. The predicted octanol–water partition coefficient (Wildman–Crippen LogP) is 2.30. The van der Waals surface area contributed by atoms with Crippen LogP contribution < -0.4 is 10.2 Å². The molecule has 2 aromatic rings. The number of aromatic hydroxyl groups is 1. The van der Waals surface area contributed by atoms with Crippen molar-refractivity contribution in [3.05, 3.63) is 30.3 Å². The molecule has 0 unspecified atom stereocenters. The Morgan fingerprint density at radius 3 is 2.55 bits per heavy atom. The third-order valence-corrected chi connectivity index (χ3v) is 6.74. The van der Waals surface area contributed by atoms with E-state index in [0.717, 1.165) is 89.4 Å². The molecule has 168 valence electrons. The summed E-state index contributed by atoms with van der Waals surface area (Å²) in [4.78, 5) is 24.5. The second kappa shape index (κ2) is 10.3. The normalized spacial score (nSPS) is 19.1. The Hall–Kier alpha value is -2.38. The minimum Gasteiger partial charge on any atom is -0.506 e. The van der Waals surface area contributed by atoms with Crippen LogP contribution in [-0.4, -0.2) is 84.7 Å². The van der Waals surface area contributed by atoms with Gasteiger partial charge in [0.1, 0.15) is 17.1 Å². The van der Waals surface area contributed by atoms with Crippen LogP contribution in [0, 0.1) is 5.92 Å². The van der Waals surface area contributed by atoms with Crippen molar-refractivity contribution in [2.24, 2.45) is 5.92 Å². The number of aromatic nitrogens is 1. The number of hydrogen-bond donors (Lipinski definition) is 2. The lowest BCUT2D eigenvalue weighted by Crippen LogP contribution is -2.46. The summed E-state index contributed by atoms with van der Waals surface area (Å²) in [5.74, 6) is 1.36. The Morgan fingerprint density at radius 1 is 1.06 bits per heavy atom. The maximum Gasteiger partial charge on any atom is 0.223 e. The zero-order valence-corrected chi connectivity index (χ0v) is 18.6. The number of nitrogens with zero attached hydrogens (tertiary/aromatic N) is 4. The summed E-state index contributed by atoms with van der Waals surface area (Å²) in [5, 5.41) is 14.2. The van der Waals surface area contributed by atoms with Crippen LogP contribution in [0.1, 0.15) is 26.2 Å². The molecule has 0 aliphatic carbocycles. The molecule has 7 heteroatoms. The number of benzene rings is 1. The van der Waals surface area contributed by atoms with E-state index >= 15 is 0 Å². The fourth-order valence-electron chi connectivity index (χ4n) is 4.66. The van der Waals surface area contributed by atoms with Gasteiger partial charge in [-0.15, -0.1) is 0 Å². The van der Waals surface area contributed by atoms with E-state index in [1.54, 1.807) is 6.07 Å². The third kappa shape index (κ3) is 5.46. The number of para-hydroxylation sites is 1. The van der Waals surface area contributed by atoms with Crippen molar-refractivity contribution >= 4 is 22.6 Å². The molecule has 2 aliphatic rings. The van der Waals surface area contributed by atoms with E-state index in [1.807, 2.05) is 24.3 Å². The summed E-state index contributed by atoms with van der Waals surface area (Å²) < 4.78 is 0. The number of phenols is 1. The lowest BCUT2D eigenvalue weighted by atomic mass is 9.96. The summed E-state index contributed by atoms with van der Waals surface area (Å²) >= 11 is 0. The van der Waals surface area contributed by atoms with Crippen molar-refractivity contribution in [2.75, 3.05) is 63.8 Å². The zero-order chi connectivity index (χ0) is 21.6. The predicted molar refractivity (Wildman–Crippen MR) is 125 cm³/mol. The molecule has 0 spiro atoms. The van der Waals surface area contributed by atoms with Gasteiger partial charge in [-0.1, -0.05) is 19.1 Å². The number of rotatable bonds is 7. The number of pyridine rings is 1. The second-order valence-electron chi connectivity index (χ2n) is 8.70. The highest BCUT2D eigenvalue weighted by molar-refractivity contribution is 5.85. The van der Waals surface area contributed by atoms with E-state index in [9.17, 15) is 9.90 Å². The van der Waals surface area contributed by atoms with Crippen LogP contribution in [0.15, 0.2) is 30.3 Å². The van der Waals surface area contributed by atoms with Gasteiger partial charge in [0.2, 0.25) is 5.91 Å². The van der Waals surface area contributed by atoms with Gasteiger partial charge in [-0.3, -0.25) is 4.79 Å². The standard InChI is InChI=1S/C24H35N5O2/c1-2-27-15-17-28(18-16-27)12-4-11-25-24(31)20-9-13-29(14-10-20)22-8-7-19-5-3-6-21(30)23(19)26-22/h3,5-8,20,30H,2,4,9-18H2,1H3,(H,25,31). The van der Waals surface area contributed by atoms with Gasteiger partial charge < -0.3 is 25.1 Å². The van der Waals surface area contributed by atoms with Crippen molar-refractivity contribution in [1.82, 2.24) is 20.1 Å². The minimum atomic E-state index is 0.0817. The Bertz CT molecular complexity index is 873. The van der Waals surface area contributed by atoms with Crippen molar-refractivity contribution in [3.8, 4) is 5.75 Å². The van der Waals surface area contributed by atoms with E-state index in [4.69, 9.17) is 0 Å². The number of anilines is 1. The Balaban J connectivity index is 1.18. The smallest absolute Gasteiger partial charge is 0.223 e. The first kappa shape index (κ1) is 21.8. The number of likely N-dealkylation sites (N-methyl/N-ethyl adjacent to an activating group) is 1. The van der Waals surface area contributed by atoms with Crippen LogP contribution in [0.5, 0.6) is 5.75 Å². The number of amides is 1. The van der Waals surface area contributed by atoms with Crippen LogP contribution in [0.25, 0.3) is 10.9 Å². The molecule has 2 saturated heterocycles. The highest BCUT2D eigenvalue weighted by Crippen LogP contribution is 2.27. The summed E-state index contributed by atoms with van der Waals surface area (Å²) in [5.41, 5.74) is 0.635. The van der Waals surface area contributed by atoms with Gasteiger partial charge in [-0.25, -0.2) is 4.98 Å². The van der Waals surface area contributed by atoms with Crippen molar-refractivity contribution in [1.29, 1.82) is 0 Å². The van der Waals surface area contributed by atoms with Crippen LogP contribution in [0.4, 0.5) is 5.82 Å². The molecule has 31 heavy (non-hydrogen) atoms. The summed E-state index contributed by atoms with van der Waals surface area (Å²) in [6.07, 6.45) is 2.69. The molecule has 2 fully saturated rings. The summed E-state index contributed by atoms with van der Waals surface area (Å²) in [6.45, 7) is 11.4. The SMILES string of the molecule is CCN1CCN(CCCNC(=O)C2CCN(c3ccc4cccc(O)c4n3)CC2)CC1. The van der Waals surface area contributed by atoms with Crippen LogP contribution >= 0.6 is 0 Å². The second-order valence-corrected chi connectivity index (χ2v) is 8.70. The van der Waals surface area contributed by atoms with Gasteiger partial charge in [0.05, 0.1) is 0 Å². The lowest BCUT2D eigenvalue weighted by molar-refractivity contribution is -0.125. The van der Waals surface area contributed by atoms with Gasteiger partial charge in [0.25, 0.3) is 0 Å². The Labute approximate surface area is 185 Å². The fraction of sp³-hybridized carbons (Fsp3) is 0.583.